The van der Waals surface area contributed by atoms with Crippen molar-refractivity contribution >= 4 is 39.3 Å². The summed E-state index contributed by atoms with van der Waals surface area (Å²) in [4.78, 5) is 18.6. The molecule has 1 aromatic carbocycles. The van der Waals surface area contributed by atoms with Crippen LogP contribution >= 0.6 is 27.5 Å². The van der Waals surface area contributed by atoms with Crippen LogP contribution in [0.3, 0.4) is 0 Å². The number of nitrogens with one attached hydrogen (secondary N) is 1. The average Bonchev–Trinajstić information content (AvgIpc) is 2.94. The van der Waals surface area contributed by atoms with Crippen LogP contribution in [0.1, 0.15) is 44.2 Å². The zero-order valence-corrected chi connectivity index (χ0v) is 18.6. The number of halogens is 2. The topological polar surface area (TPSA) is 79.6 Å². The summed E-state index contributed by atoms with van der Waals surface area (Å²) in [6.07, 6.45) is -0.759. The van der Waals surface area contributed by atoms with E-state index in [9.17, 15) is 9.90 Å². The number of benzene rings is 1. The zero-order chi connectivity index (χ0) is 20.6. The van der Waals surface area contributed by atoms with Gasteiger partial charge >= 0.3 is 6.09 Å². The number of hydrogen-bond donors (Lipinski definition) is 2. The maximum absolute atomic E-state index is 12.3. The van der Waals surface area contributed by atoms with Crippen LogP contribution in [0.2, 0.25) is 5.02 Å². The molecular weight excluding hydrogens is 448 g/mol. The van der Waals surface area contributed by atoms with E-state index in [4.69, 9.17) is 16.3 Å². The van der Waals surface area contributed by atoms with Crippen molar-refractivity contribution < 1.29 is 14.6 Å². The predicted molar refractivity (Wildman–Crippen MR) is 111 cm³/mol. The van der Waals surface area contributed by atoms with E-state index < -0.39 is 11.8 Å². The standard InChI is InChI=1S/C19H24BrClN4O3/c1-19(2,3)28-18(27)25-9-8-14-13(10-25)22-16(24(14)4)17(26)23-12-7-5-6-11(20)15(12)21/h5-7,17,23,26H,8-10H2,1-4H3. The van der Waals surface area contributed by atoms with Gasteiger partial charge in [-0.25, -0.2) is 9.78 Å². The minimum atomic E-state index is -1.04. The molecule has 1 aromatic heterocycles. The van der Waals surface area contributed by atoms with Crippen LogP contribution in [0.25, 0.3) is 0 Å². The Kier molecular flexibility index (Phi) is 5.93. The van der Waals surface area contributed by atoms with Crippen molar-refractivity contribution in [2.75, 3.05) is 11.9 Å². The molecule has 0 saturated heterocycles. The summed E-state index contributed by atoms with van der Waals surface area (Å²) in [5.41, 5.74) is 1.81. The molecule has 0 bridgehead atoms. The van der Waals surface area contributed by atoms with Gasteiger partial charge in [-0.3, -0.25) is 0 Å². The fraction of sp³-hybridized carbons (Fsp3) is 0.474. The Bertz CT molecular complexity index is 894. The summed E-state index contributed by atoms with van der Waals surface area (Å²) in [6, 6.07) is 5.43. The second-order valence-corrected chi connectivity index (χ2v) is 8.95. The molecule has 1 aliphatic heterocycles. The third kappa shape index (κ3) is 4.45. The van der Waals surface area contributed by atoms with Gasteiger partial charge in [0.25, 0.3) is 0 Å². The summed E-state index contributed by atoms with van der Waals surface area (Å²) >= 11 is 9.64. The first-order valence-corrected chi connectivity index (χ1v) is 10.1. The monoisotopic (exact) mass is 470 g/mol. The largest absolute Gasteiger partial charge is 0.444 e. The molecular formula is C19H24BrClN4O3. The highest BCUT2D eigenvalue weighted by Crippen LogP contribution is 2.32. The molecule has 0 radical (unpaired) electrons. The molecule has 152 valence electrons. The minimum absolute atomic E-state index is 0.350. The average molecular weight is 472 g/mol. The van der Waals surface area contributed by atoms with Gasteiger partial charge in [-0.1, -0.05) is 17.7 Å². The van der Waals surface area contributed by atoms with Crippen LogP contribution in [-0.4, -0.2) is 37.8 Å². The van der Waals surface area contributed by atoms with Crippen LogP contribution in [0.5, 0.6) is 0 Å². The molecule has 1 aliphatic rings. The van der Waals surface area contributed by atoms with Gasteiger partial charge in [-0.05, 0) is 48.8 Å². The Morgan fingerprint density at radius 3 is 2.82 bits per heavy atom. The van der Waals surface area contributed by atoms with Crippen molar-refractivity contribution in [3.63, 3.8) is 0 Å². The molecule has 0 fully saturated rings. The lowest BCUT2D eigenvalue weighted by Gasteiger charge is -2.29. The molecule has 2 aromatic rings. The summed E-state index contributed by atoms with van der Waals surface area (Å²) in [5.74, 6) is 0.465. The normalized spacial score (nSPS) is 15.2. The van der Waals surface area contributed by atoms with E-state index in [0.717, 1.165) is 15.9 Å². The molecule has 2 heterocycles. The summed E-state index contributed by atoms with van der Waals surface area (Å²) in [6.45, 7) is 6.42. The minimum Gasteiger partial charge on any atom is -0.444 e. The fourth-order valence-corrected chi connectivity index (χ4v) is 3.65. The number of hydrogen-bond acceptors (Lipinski definition) is 5. The van der Waals surface area contributed by atoms with Crippen LogP contribution in [0.4, 0.5) is 10.5 Å². The van der Waals surface area contributed by atoms with Crippen molar-refractivity contribution in [3.05, 3.63) is 44.9 Å². The van der Waals surface area contributed by atoms with Gasteiger partial charge in [-0.15, -0.1) is 0 Å². The van der Waals surface area contributed by atoms with E-state index in [1.165, 1.54) is 0 Å². The lowest BCUT2D eigenvalue weighted by Crippen LogP contribution is -2.40. The van der Waals surface area contributed by atoms with Crippen LogP contribution < -0.4 is 5.32 Å². The van der Waals surface area contributed by atoms with Gasteiger partial charge in [0, 0.05) is 30.2 Å². The van der Waals surface area contributed by atoms with Gasteiger partial charge < -0.3 is 24.6 Å². The third-order valence-corrected chi connectivity index (χ3v) is 5.73. The Morgan fingerprint density at radius 2 is 2.14 bits per heavy atom. The van der Waals surface area contributed by atoms with E-state index >= 15 is 0 Å². The van der Waals surface area contributed by atoms with Gasteiger partial charge in [-0.2, -0.15) is 0 Å². The Labute approximate surface area is 177 Å². The predicted octanol–water partition coefficient (Wildman–Crippen LogP) is 4.23. The van der Waals surface area contributed by atoms with E-state index in [1.54, 1.807) is 11.0 Å². The van der Waals surface area contributed by atoms with Crippen molar-refractivity contribution in [2.45, 2.75) is 45.6 Å². The number of anilines is 1. The van der Waals surface area contributed by atoms with E-state index in [1.807, 2.05) is 44.5 Å². The van der Waals surface area contributed by atoms with Crippen LogP contribution in [0, 0.1) is 0 Å². The first-order valence-electron chi connectivity index (χ1n) is 8.97. The van der Waals surface area contributed by atoms with E-state index in [0.29, 0.717) is 36.0 Å². The number of fused-ring (bicyclic) bond motifs is 1. The number of rotatable bonds is 3. The number of carbonyl (C=O) groups is 1. The quantitative estimate of drug-likeness (QED) is 0.655. The number of amides is 1. The Morgan fingerprint density at radius 1 is 1.43 bits per heavy atom. The second kappa shape index (κ2) is 7.93. The summed E-state index contributed by atoms with van der Waals surface area (Å²) in [7, 11) is 1.86. The highest BCUT2D eigenvalue weighted by Gasteiger charge is 2.30. The van der Waals surface area contributed by atoms with Gasteiger partial charge in [0.15, 0.2) is 12.1 Å². The van der Waals surface area contributed by atoms with Crippen LogP contribution in [-0.2, 0) is 24.8 Å². The first-order chi connectivity index (χ1) is 13.1. The zero-order valence-electron chi connectivity index (χ0n) is 16.3. The maximum Gasteiger partial charge on any atom is 0.410 e. The molecule has 1 amide bonds. The Balaban J connectivity index is 1.77. The molecule has 7 nitrogen and oxygen atoms in total. The van der Waals surface area contributed by atoms with Crippen molar-refractivity contribution in [1.82, 2.24) is 14.5 Å². The van der Waals surface area contributed by atoms with Gasteiger partial charge in [0.2, 0.25) is 0 Å². The molecule has 0 saturated carbocycles. The molecule has 2 N–H and O–H groups in total. The van der Waals surface area contributed by atoms with Crippen molar-refractivity contribution in [3.8, 4) is 0 Å². The number of aromatic nitrogens is 2. The van der Waals surface area contributed by atoms with E-state index in [2.05, 4.69) is 26.2 Å². The molecule has 9 heteroatoms. The Hall–Kier alpha value is -1.77. The van der Waals surface area contributed by atoms with Gasteiger partial charge in [0.05, 0.1) is 22.9 Å². The van der Waals surface area contributed by atoms with Crippen LogP contribution in [0.15, 0.2) is 22.7 Å². The third-order valence-electron chi connectivity index (χ3n) is 4.43. The number of carbonyl (C=O) groups excluding carboxylic acids is 1. The van der Waals surface area contributed by atoms with Crippen molar-refractivity contribution in [1.29, 1.82) is 0 Å². The number of aliphatic hydroxyl groups excluding tert-OH is 1. The van der Waals surface area contributed by atoms with Gasteiger partial charge in [0.1, 0.15) is 5.60 Å². The highest BCUT2D eigenvalue weighted by atomic mass is 79.9. The molecule has 1 unspecified atom stereocenters. The molecule has 3 rings (SSSR count). The van der Waals surface area contributed by atoms with E-state index in [-0.39, 0.29) is 6.09 Å². The molecule has 28 heavy (non-hydrogen) atoms. The maximum atomic E-state index is 12.3. The number of aliphatic hydroxyl groups is 1. The summed E-state index contributed by atoms with van der Waals surface area (Å²) < 4.78 is 8.05. The SMILES string of the molecule is Cn1c(C(O)Nc2cccc(Br)c2Cl)nc2c1CCN(C(=O)OC(C)(C)C)C2. The number of imidazole rings is 1. The highest BCUT2D eigenvalue weighted by molar-refractivity contribution is 9.10. The number of ether oxygens (including phenoxy) is 1. The second-order valence-electron chi connectivity index (χ2n) is 7.72. The first kappa shape index (κ1) is 21.0. The lowest BCUT2D eigenvalue weighted by atomic mass is 10.1. The fourth-order valence-electron chi connectivity index (χ4n) is 3.10. The molecule has 0 aliphatic carbocycles. The smallest absolute Gasteiger partial charge is 0.410 e. The summed E-state index contributed by atoms with van der Waals surface area (Å²) in [5, 5.41) is 14.1. The van der Waals surface area contributed by atoms with Crippen molar-refractivity contribution in [2.24, 2.45) is 7.05 Å². The number of nitrogens with zero attached hydrogens (tertiary/aromatic N) is 3. The molecule has 0 spiro atoms. The lowest BCUT2D eigenvalue weighted by molar-refractivity contribution is 0.0220. The molecule has 1 atom stereocenters.